The highest BCUT2D eigenvalue weighted by Gasteiger charge is 2.49. The van der Waals surface area contributed by atoms with Gasteiger partial charge in [-0.3, -0.25) is 14.4 Å². The summed E-state index contributed by atoms with van der Waals surface area (Å²) in [5.74, 6) is 0.193. The predicted octanol–water partition coefficient (Wildman–Crippen LogP) is 0.407. The van der Waals surface area contributed by atoms with E-state index in [0.717, 1.165) is 0 Å². The van der Waals surface area contributed by atoms with Crippen LogP contribution in [-0.2, 0) is 33.3 Å². The van der Waals surface area contributed by atoms with Crippen molar-refractivity contribution < 1.29 is 33.3 Å². The lowest BCUT2D eigenvalue weighted by Crippen LogP contribution is -2.36. The first-order valence-corrected chi connectivity index (χ1v) is 6.39. The van der Waals surface area contributed by atoms with Gasteiger partial charge in [0.25, 0.3) is 0 Å². The molecule has 0 N–H and O–H groups in total. The summed E-state index contributed by atoms with van der Waals surface area (Å²) < 4.78 is 20.6. The molecule has 1 saturated heterocycles. The molecule has 0 bridgehead atoms. The maximum absolute atomic E-state index is 11.2. The first-order chi connectivity index (χ1) is 9.76. The normalized spacial score (nSPS) is 29.1. The maximum Gasteiger partial charge on any atom is 0.305 e. The van der Waals surface area contributed by atoms with Crippen LogP contribution >= 0.6 is 0 Å². The number of terminal acetylenes is 1. The largest absolute Gasteiger partial charge is 0.455 e. The summed E-state index contributed by atoms with van der Waals surface area (Å²) >= 11 is 0. The standard InChI is InChI=1S/C14H18O7/c1-6-11(18-8(3)15)12-7(2)13(19-9(4)16)14(21-12)20-10(5)17/h1,7,11-14H,2-5H3/t7-,11?,12-,13+,14?/m0/s1. The van der Waals surface area contributed by atoms with Gasteiger partial charge < -0.3 is 18.9 Å². The van der Waals surface area contributed by atoms with Gasteiger partial charge in [0.15, 0.2) is 12.2 Å². The van der Waals surface area contributed by atoms with Crippen molar-refractivity contribution in [3.63, 3.8) is 0 Å². The van der Waals surface area contributed by atoms with Crippen LogP contribution in [0.1, 0.15) is 27.7 Å². The summed E-state index contributed by atoms with van der Waals surface area (Å²) in [6.07, 6.45) is 1.73. The van der Waals surface area contributed by atoms with Crippen molar-refractivity contribution in [2.45, 2.75) is 52.3 Å². The minimum Gasteiger partial charge on any atom is -0.455 e. The van der Waals surface area contributed by atoms with E-state index >= 15 is 0 Å². The van der Waals surface area contributed by atoms with Crippen LogP contribution in [0.15, 0.2) is 0 Å². The lowest BCUT2D eigenvalue weighted by molar-refractivity contribution is -0.199. The van der Waals surface area contributed by atoms with Gasteiger partial charge in [0.05, 0.1) is 0 Å². The van der Waals surface area contributed by atoms with Crippen LogP contribution in [0, 0.1) is 18.3 Å². The van der Waals surface area contributed by atoms with Crippen molar-refractivity contribution in [2.24, 2.45) is 5.92 Å². The minimum atomic E-state index is -1.09. The van der Waals surface area contributed by atoms with Crippen molar-refractivity contribution >= 4 is 17.9 Å². The summed E-state index contributed by atoms with van der Waals surface area (Å²) in [5, 5.41) is 0. The molecule has 0 saturated carbocycles. The van der Waals surface area contributed by atoms with E-state index < -0.39 is 48.4 Å². The number of esters is 3. The van der Waals surface area contributed by atoms with Gasteiger partial charge in [-0.2, -0.15) is 0 Å². The van der Waals surface area contributed by atoms with E-state index in [0.29, 0.717) is 0 Å². The Morgan fingerprint density at radius 2 is 1.67 bits per heavy atom. The number of hydrogen-bond acceptors (Lipinski definition) is 7. The molecule has 1 fully saturated rings. The van der Waals surface area contributed by atoms with Gasteiger partial charge in [-0.1, -0.05) is 12.8 Å². The Morgan fingerprint density at radius 3 is 2.10 bits per heavy atom. The molecule has 7 heteroatoms. The van der Waals surface area contributed by atoms with Crippen LogP contribution in [0.3, 0.4) is 0 Å². The van der Waals surface area contributed by atoms with Crippen molar-refractivity contribution in [2.75, 3.05) is 0 Å². The third-order valence-corrected chi connectivity index (χ3v) is 2.94. The second-order valence-corrected chi connectivity index (χ2v) is 4.71. The average Bonchev–Trinajstić information content (AvgIpc) is 2.63. The number of carbonyl (C=O) groups is 3. The molecule has 0 amide bonds. The van der Waals surface area contributed by atoms with E-state index in [2.05, 4.69) is 5.92 Å². The van der Waals surface area contributed by atoms with Gasteiger partial charge >= 0.3 is 17.9 Å². The lowest BCUT2D eigenvalue weighted by Gasteiger charge is -2.22. The topological polar surface area (TPSA) is 88.1 Å². The molecule has 1 aliphatic rings. The Morgan fingerprint density at radius 1 is 1.10 bits per heavy atom. The van der Waals surface area contributed by atoms with Crippen LogP contribution in [0.4, 0.5) is 0 Å². The highest BCUT2D eigenvalue weighted by molar-refractivity contribution is 5.67. The van der Waals surface area contributed by atoms with E-state index in [1.807, 2.05) is 0 Å². The quantitative estimate of drug-likeness (QED) is 0.422. The molecule has 0 aromatic heterocycles. The molecule has 0 aromatic carbocycles. The van der Waals surface area contributed by atoms with E-state index in [9.17, 15) is 14.4 Å². The fourth-order valence-electron chi connectivity index (χ4n) is 2.13. The van der Waals surface area contributed by atoms with Gasteiger partial charge in [0, 0.05) is 26.7 Å². The third-order valence-electron chi connectivity index (χ3n) is 2.94. The van der Waals surface area contributed by atoms with E-state index in [-0.39, 0.29) is 0 Å². The average molecular weight is 298 g/mol. The summed E-state index contributed by atoms with van der Waals surface area (Å²) in [6.45, 7) is 5.36. The van der Waals surface area contributed by atoms with Crippen LogP contribution in [0.25, 0.3) is 0 Å². The summed E-state index contributed by atoms with van der Waals surface area (Å²) in [6, 6.07) is 0. The van der Waals surface area contributed by atoms with Crippen LogP contribution in [0.5, 0.6) is 0 Å². The third kappa shape index (κ3) is 4.46. The molecule has 21 heavy (non-hydrogen) atoms. The van der Waals surface area contributed by atoms with Crippen LogP contribution in [0.2, 0.25) is 0 Å². The molecule has 2 unspecified atom stereocenters. The number of ether oxygens (including phenoxy) is 4. The highest BCUT2D eigenvalue weighted by atomic mass is 16.7. The molecule has 0 radical (unpaired) electrons. The first-order valence-electron chi connectivity index (χ1n) is 6.39. The molecule has 1 heterocycles. The van der Waals surface area contributed by atoms with Crippen LogP contribution in [-0.4, -0.2) is 42.5 Å². The van der Waals surface area contributed by atoms with Gasteiger partial charge in [0.1, 0.15) is 6.10 Å². The Labute approximate surface area is 122 Å². The monoisotopic (exact) mass is 298 g/mol. The maximum atomic E-state index is 11.2. The lowest BCUT2D eigenvalue weighted by atomic mass is 9.97. The fourth-order valence-corrected chi connectivity index (χ4v) is 2.13. The van der Waals surface area contributed by atoms with Crippen molar-refractivity contribution in [1.82, 2.24) is 0 Å². The van der Waals surface area contributed by atoms with Crippen molar-refractivity contribution in [1.29, 1.82) is 0 Å². The summed E-state index contributed by atoms with van der Waals surface area (Å²) in [4.78, 5) is 33.3. The van der Waals surface area contributed by atoms with E-state index in [1.54, 1.807) is 6.92 Å². The summed E-state index contributed by atoms with van der Waals surface area (Å²) in [5.41, 5.74) is 0. The fraction of sp³-hybridized carbons (Fsp3) is 0.643. The van der Waals surface area contributed by atoms with Gasteiger partial charge in [-0.15, -0.1) is 6.42 Å². The second-order valence-electron chi connectivity index (χ2n) is 4.71. The Kier molecular flexibility index (Phi) is 5.73. The number of carbonyl (C=O) groups excluding carboxylic acids is 3. The molecule has 116 valence electrons. The molecule has 0 aromatic rings. The summed E-state index contributed by atoms with van der Waals surface area (Å²) in [7, 11) is 0. The van der Waals surface area contributed by atoms with E-state index in [4.69, 9.17) is 25.4 Å². The Balaban J connectivity index is 2.93. The Bertz CT molecular complexity index is 464. The highest BCUT2D eigenvalue weighted by Crippen LogP contribution is 2.33. The van der Waals surface area contributed by atoms with Gasteiger partial charge in [0.2, 0.25) is 6.29 Å². The smallest absolute Gasteiger partial charge is 0.305 e. The van der Waals surface area contributed by atoms with E-state index in [1.165, 1.54) is 20.8 Å². The predicted molar refractivity (Wildman–Crippen MR) is 69.5 cm³/mol. The number of hydrogen-bond donors (Lipinski definition) is 0. The SMILES string of the molecule is C#CC(OC(C)=O)[C@H]1OC(OC(C)=O)[C@H](OC(C)=O)[C@H]1C. The molecule has 0 aliphatic carbocycles. The Hall–Kier alpha value is -2.07. The second kappa shape index (κ2) is 7.09. The molecule has 5 atom stereocenters. The van der Waals surface area contributed by atoms with Crippen LogP contribution < -0.4 is 0 Å². The van der Waals surface area contributed by atoms with Gasteiger partial charge in [-0.05, 0) is 0 Å². The van der Waals surface area contributed by atoms with Crippen molar-refractivity contribution in [3.8, 4) is 12.3 Å². The molecule has 0 spiro atoms. The molecular formula is C14H18O7. The number of rotatable bonds is 4. The molecule has 1 rings (SSSR count). The zero-order valence-corrected chi connectivity index (χ0v) is 12.3. The molecule has 1 aliphatic heterocycles. The zero-order valence-electron chi connectivity index (χ0n) is 12.3. The minimum absolute atomic E-state index is 0.418. The molecule has 7 nitrogen and oxygen atoms in total. The molecular weight excluding hydrogens is 280 g/mol. The van der Waals surface area contributed by atoms with Crippen molar-refractivity contribution in [3.05, 3.63) is 0 Å². The zero-order chi connectivity index (χ0) is 16.2. The first kappa shape index (κ1) is 17.0. The van der Waals surface area contributed by atoms with Gasteiger partial charge in [-0.25, -0.2) is 0 Å².